The normalized spacial score (nSPS) is 18.6. The van der Waals surface area contributed by atoms with Gasteiger partial charge in [-0.1, -0.05) is 55.3 Å². The lowest BCUT2D eigenvalue weighted by Gasteiger charge is -2.27. The predicted molar refractivity (Wildman–Crippen MR) is 111 cm³/mol. The van der Waals surface area contributed by atoms with Gasteiger partial charge in [0.15, 0.2) is 0 Å². The molecule has 3 rings (SSSR count). The number of carboxylic acids is 1. The molecule has 0 saturated heterocycles. The van der Waals surface area contributed by atoms with Crippen molar-refractivity contribution in [1.29, 1.82) is 0 Å². The number of hydrogen-bond acceptors (Lipinski definition) is 3. The Morgan fingerprint density at radius 3 is 2.28 bits per heavy atom. The van der Waals surface area contributed by atoms with Gasteiger partial charge in [0, 0.05) is 6.54 Å². The molecule has 1 fully saturated rings. The standard InChI is InChI=1S/C23H26N2O4/c26-21(24-15-14-16-8-2-1-3-9-16)19-12-6-7-13-20(19)25-22(27)17-10-4-5-11-18(17)23(28)29/h1-3,6-9,12-13,17-18H,4-5,10-11,14-15H2,(H,24,26)(H,25,27)(H,28,29)/t17-,18+/m1/s1. The Bertz CT molecular complexity index is 866. The zero-order chi connectivity index (χ0) is 20.6. The highest BCUT2D eigenvalue weighted by molar-refractivity contribution is 6.04. The maximum atomic E-state index is 12.8. The van der Waals surface area contributed by atoms with Gasteiger partial charge in [-0.2, -0.15) is 0 Å². The van der Waals surface area contributed by atoms with Gasteiger partial charge in [0.2, 0.25) is 5.91 Å². The van der Waals surface area contributed by atoms with Crippen molar-refractivity contribution < 1.29 is 19.5 Å². The van der Waals surface area contributed by atoms with E-state index < -0.39 is 17.8 Å². The number of para-hydroxylation sites is 1. The fourth-order valence-electron chi connectivity index (χ4n) is 3.82. The van der Waals surface area contributed by atoms with Crippen molar-refractivity contribution in [2.75, 3.05) is 11.9 Å². The fraction of sp³-hybridized carbons (Fsp3) is 0.348. The first-order valence-electron chi connectivity index (χ1n) is 10.0. The van der Waals surface area contributed by atoms with Crippen molar-refractivity contribution in [3.05, 3.63) is 65.7 Å². The van der Waals surface area contributed by atoms with Crippen molar-refractivity contribution in [3.63, 3.8) is 0 Å². The fourth-order valence-corrected chi connectivity index (χ4v) is 3.82. The highest BCUT2D eigenvalue weighted by Crippen LogP contribution is 2.31. The second-order valence-corrected chi connectivity index (χ2v) is 7.36. The number of anilines is 1. The lowest BCUT2D eigenvalue weighted by atomic mass is 9.78. The van der Waals surface area contributed by atoms with E-state index in [1.807, 2.05) is 30.3 Å². The molecule has 0 heterocycles. The first-order valence-corrected chi connectivity index (χ1v) is 10.0. The third-order valence-electron chi connectivity index (χ3n) is 5.39. The Kier molecular flexibility index (Phi) is 7.00. The minimum Gasteiger partial charge on any atom is -0.481 e. The van der Waals surface area contributed by atoms with E-state index in [0.717, 1.165) is 18.4 Å². The largest absolute Gasteiger partial charge is 0.481 e. The monoisotopic (exact) mass is 394 g/mol. The summed E-state index contributed by atoms with van der Waals surface area (Å²) in [7, 11) is 0. The molecule has 0 radical (unpaired) electrons. The van der Waals surface area contributed by atoms with Crippen LogP contribution in [0.2, 0.25) is 0 Å². The Morgan fingerprint density at radius 1 is 0.897 bits per heavy atom. The summed E-state index contributed by atoms with van der Waals surface area (Å²) in [5.74, 6) is -2.78. The molecule has 1 aliphatic rings. The van der Waals surface area contributed by atoms with Crippen LogP contribution in [0, 0.1) is 11.8 Å². The Balaban J connectivity index is 1.64. The van der Waals surface area contributed by atoms with Crippen LogP contribution in [0.25, 0.3) is 0 Å². The number of amides is 2. The summed E-state index contributed by atoms with van der Waals surface area (Å²) < 4.78 is 0. The van der Waals surface area contributed by atoms with Crippen LogP contribution in [-0.4, -0.2) is 29.4 Å². The maximum Gasteiger partial charge on any atom is 0.307 e. The number of rotatable bonds is 7. The molecule has 29 heavy (non-hydrogen) atoms. The Hall–Kier alpha value is -3.15. The summed E-state index contributed by atoms with van der Waals surface area (Å²) in [5.41, 5.74) is 1.91. The van der Waals surface area contributed by atoms with Crippen LogP contribution in [-0.2, 0) is 16.0 Å². The third kappa shape index (κ3) is 5.44. The molecule has 2 aromatic rings. The second kappa shape index (κ2) is 9.87. The minimum absolute atomic E-state index is 0.268. The zero-order valence-corrected chi connectivity index (χ0v) is 16.3. The number of hydrogen-bond donors (Lipinski definition) is 3. The average Bonchev–Trinajstić information content (AvgIpc) is 2.74. The predicted octanol–water partition coefficient (Wildman–Crippen LogP) is 3.49. The number of carboxylic acid groups (broad SMARTS) is 1. The van der Waals surface area contributed by atoms with Crippen LogP contribution in [0.3, 0.4) is 0 Å². The van der Waals surface area contributed by atoms with Gasteiger partial charge in [0.1, 0.15) is 0 Å². The van der Waals surface area contributed by atoms with Crippen molar-refractivity contribution in [1.82, 2.24) is 5.32 Å². The molecule has 2 aromatic carbocycles. The average molecular weight is 394 g/mol. The highest BCUT2D eigenvalue weighted by Gasteiger charge is 2.36. The number of carbonyl (C=O) groups excluding carboxylic acids is 2. The van der Waals surface area contributed by atoms with Crippen LogP contribution in [0.1, 0.15) is 41.6 Å². The molecule has 6 heteroatoms. The summed E-state index contributed by atoms with van der Waals surface area (Å²) in [4.78, 5) is 36.9. The molecule has 0 spiro atoms. The number of nitrogens with one attached hydrogen (secondary N) is 2. The molecule has 1 aliphatic carbocycles. The van der Waals surface area contributed by atoms with E-state index in [4.69, 9.17) is 0 Å². The van der Waals surface area contributed by atoms with E-state index in [9.17, 15) is 19.5 Å². The first kappa shape index (κ1) is 20.6. The molecule has 0 aliphatic heterocycles. The van der Waals surface area contributed by atoms with Crippen molar-refractivity contribution in [3.8, 4) is 0 Å². The van der Waals surface area contributed by atoms with Gasteiger partial charge in [0.05, 0.1) is 23.1 Å². The smallest absolute Gasteiger partial charge is 0.307 e. The Labute approximate surface area is 170 Å². The van der Waals surface area contributed by atoms with Crippen LogP contribution in [0.15, 0.2) is 54.6 Å². The molecule has 0 unspecified atom stereocenters. The summed E-state index contributed by atoms with van der Waals surface area (Å²) in [6, 6.07) is 16.7. The van der Waals surface area contributed by atoms with Crippen LogP contribution in [0.4, 0.5) is 5.69 Å². The molecule has 3 N–H and O–H groups in total. The quantitative estimate of drug-likeness (QED) is 0.670. The van der Waals surface area contributed by atoms with E-state index >= 15 is 0 Å². The molecule has 0 bridgehead atoms. The molecule has 1 saturated carbocycles. The van der Waals surface area contributed by atoms with E-state index in [0.29, 0.717) is 37.1 Å². The van der Waals surface area contributed by atoms with Crippen LogP contribution in [0.5, 0.6) is 0 Å². The van der Waals surface area contributed by atoms with Crippen molar-refractivity contribution >= 4 is 23.5 Å². The Morgan fingerprint density at radius 2 is 1.55 bits per heavy atom. The molecular formula is C23H26N2O4. The van der Waals surface area contributed by atoms with Gasteiger partial charge < -0.3 is 15.7 Å². The lowest BCUT2D eigenvalue weighted by Crippen LogP contribution is -2.36. The summed E-state index contributed by atoms with van der Waals surface area (Å²) >= 11 is 0. The lowest BCUT2D eigenvalue weighted by molar-refractivity contribution is -0.147. The number of aliphatic carboxylic acids is 1. The van der Waals surface area contributed by atoms with Gasteiger partial charge in [0.25, 0.3) is 5.91 Å². The molecular weight excluding hydrogens is 368 g/mol. The SMILES string of the molecule is O=C(NCCc1ccccc1)c1ccccc1NC(=O)[C@@H]1CCCC[C@@H]1C(=O)O. The van der Waals surface area contributed by atoms with Gasteiger partial charge in [-0.15, -0.1) is 0 Å². The summed E-state index contributed by atoms with van der Waals surface area (Å²) in [6.07, 6.45) is 3.43. The molecule has 2 atom stereocenters. The molecule has 0 aromatic heterocycles. The molecule has 152 valence electrons. The third-order valence-corrected chi connectivity index (χ3v) is 5.39. The van der Waals surface area contributed by atoms with Gasteiger partial charge in [-0.3, -0.25) is 14.4 Å². The van der Waals surface area contributed by atoms with E-state index in [1.165, 1.54) is 0 Å². The maximum absolute atomic E-state index is 12.8. The molecule has 2 amide bonds. The zero-order valence-electron chi connectivity index (χ0n) is 16.3. The summed E-state index contributed by atoms with van der Waals surface area (Å²) in [6.45, 7) is 0.481. The van der Waals surface area contributed by atoms with Gasteiger partial charge in [-0.05, 0) is 37.0 Å². The number of benzene rings is 2. The van der Waals surface area contributed by atoms with Crippen LogP contribution < -0.4 is 10.6 Å². The topological polar surface area (TPSA) is 95.5 Å². The number of carbonyl (C=O) groups is 3. The van der Waals surface area contributed by atoms with Crippen molar-refractivity contribution in [2.45, 2.75) is 32.1 Å². The van der Waals surface area contributed by atoms with Crippen molar-refractivity contribution in [2.24, 2.45) is 11.8 Å². The van der Waals surface area contributed by atoms with E-state index in [2.05, 4.69) is 10.6 Å². The highest BCUT2D eigenvalue weighted by atomic mass is 16.4. The second-order valence-electron chi connectivity index (χ2n) is 7.36. The van der Waals surface area contributed by atoms with Gasteiger partial charge >= 0.3 is 5.97 Å². The molecule has 6 nitrogen and oxygen atoms in total. The van der Waals surface area contributed by atoms with E-state index in [-0.39, 0.29) is 11.8 Å². The van der Waals surface area contributed by atoms with Gasteiger partial charge in [-0.25, -0.2) is 0 Å². The summed E-state index contributed by atoms with van der Waals surface area (Å²) in [5, 5.41) is 15.1. The first-order chi connectivity index (χ1) is 14.1. The minimum atomic E-state index is -0.934. The van der Waals surface area contributed by atoms with Crippen LogP contribution >= 0.6 is 0 Å². The van der Waals surface area contributed by atoms with E-state index in [1.54, 1.807) is 24.3 Å².